The van der Waals surface area contributed by atoms with Gasteiger partial charge < -0.3 is 15.3 Å². The minimum absolute atomic E-state index is 0.363. The summed E-state index contributed by atoms with van der Waals surface area (Å²) in [7, 11) is 0. The highest BCUT2D eigenvalue weighted by Crippen LogP contribution is 2.25. The lowest BCUT2D eigenvalue weighted by molar-refractivity contribution is 0.129. The number of nitrogens with one attached hydrogen (secondary N) is 1. The predicted octanol–water partition coefficient (Wildman–Crippen LogP) is 1.68. The minimum Gasteiger partial charge on any atom is -0.508 e. The van der Waals surface area contributed by atoms with Crippen LogP contribution in [0.3, 0.4) is 0 Å². The molecule has 0 amide bonds. The monoisotopic (exact) mass is 277 g/mol. The number of piperazine rings is 1. The Labute approximate surface area is 122 Å². The van der Waals surface area contributed by atoms with E-state index in [1.807, 2.05) is 12.1 Å². The second-order valence-electron chi connectivity index (χ2n) is 5.38. The second kappa shape index (κ2) is 7.62. The molecule has 0 aliphatic carbocycles. The van der Waals surface area contributed by atoms with Crippen LogP contribution in [0, 0.1) is 0 Å². The van der Waals surface area contributed by atoms with Crippen LogP contribution in [0.2, 0.25) is 0 Å². The first-order valence-electron chi connectivity index (χ1n) is 7.70. The highest BCUT2D eigenvalue weighted by Gasteiger charge is 2.23. The number of hydrogen-bond acceptors (Lipinski definition) is 4. The number of rotatable bonds is 6. The first-order valence-corrected chi connectivity index (χ1v) is 7.70. The lowest BCUT2D eigenvalue weighted by Gasteiger charge is -2.37. The Morgan fingerprint density at radius 2 is 1.95 bits per heavy atom. The average Bonchev–Trinajstić information content (AvgIpc) is 2.49. The summed E-state index contributed by atoms with van der Waals surface area (Å²) in [5, 5.41) is 13.2. The molecule has 2 rings (SSSR count). The third kappa shape index (κ3) is 3.95. The van der Waals surface area contributed by atoms with Gasteiger partial charge in [-0.15, -0.1) is 0 Å². The fourth-order valence-electron chi connectivity index (χ4n) is 2.88. The molecule has 1 atom stereocenters. The summed E-state index contributed by atoms with van der Waals surface area (Å²) in [6.07, 6.45) is 0. The van der Waals surface area contributed by atoms with E-state index in [2.05, 4.69) is 35.0 Å². The Morgan fingerprint density at radius 3 is 2.55 bits per heavy atom. The van der Waals surface area contributed by atoms with Crippen molar-refractivity contribution >= 4 is 0 Å². The maximum atomic E-state index is 9.76. The van der Waals surface area contributed by atoms with Crippen LogP contribution in [0.1, 0.15) is 25.5 Å². The van der Waals surface area contributed by atoms with Crippen LogP contribution in [0.25, 0.3) is 0 Å². The van der Waals surface area contributed by atoms with Crippen molar-refractivity contribution in [3.05, 3.63) is 29.8 Å². The molecule has 1 heterocycles. The van der Waals surface area contributed by atoms with Crippen molar-refractivity contribution in [1.82, 2.24) is 15.1 Å². The van der Waals surface area contributed by atoms with E-state index < -0.39 is 0 Å². The van der Waals surface area contributed by atoms with Gasteiger partial charge in [-0.2, -0.15) is 0 Å². The van der Waals surface area contributed by atoms with E-state index in [-0.39, 0.29) is 0 Å². The van der Waals surface area contributed by atoms with Gasteiger partial charge in [-0.05, 0) is 30.8 Å². The molecular formula is C16H27N3O. The summed E-state index contributed by atoms with van der Waals surface area (Å²) in [6.45, 7) is 11.8. The van der Waals surface area contributed by atoms with Crippen LogP contribution in [-0.4, -0.2) is 60.7 Å². The van der Waals surface area contributed by atoms with E-state index in [0.717, 1.165) is 45.8 Å². The van der Waals surface area contributed by atoms with Crippen LogP contribution in [0.4, 0.5) is 0 Å². The molecule has 0 spiro atoms. The molecule has 0 bridgehead atoms. The smallest absolute Gasteiger partial charge is 0.115 e. The largest absolute Gasteiger partial charge is 0.508 e. The van der Waals surface area contributed by atoms with E-state index in [4.69, 9.17) is 0 Å². The molecule has 1 saturated heterocycles. The molecule has 20 heavy (non-hydrogen) atoms. The molecule has 4 nitrogen and oxygen atoms in total. The maximum Gasteiger partial charge on any atom is 0.115 e. The highest BCUT2D eigenvalue weighted by molar-refractivity contribution is 5.29. The van der Waals surface area contributed by atoms with Gasteiger partial charge in [0.15, 0.2) is 0 Å². The van der Waals surface area contributed by atoms with Crippen LogP contribution >= 0.6 is 0 Å². The Bertz CT molecular complexity index is 400. The van der Waals surface area contributed by atoms with Crippen LogP contribution in [0.5, 0.6) is 5.75 Å². The molecule has 1 aromatic rings. The van der Waals surface area contributed by atoms with Crippen molar-refractivity contribution in [3.8, 4) is 5.75 Å². The van der Waals surface area contributed by atoms with Gasteiger partial charge in [-0.1, -0.05) is 26.0 Å². The SMILES string of the molecule is CCN(CC)CC(c1cccc(O)c1)N1CCNCC1. The molecule has 1 aromatic carbocycles. The quantitative estimate of drug-likeness (QED) is 0.830. The van der Waals surface area contributed by atoms with E-state index in [9.17, 15) is 5.11 Å². The zero-order valence-corrected chi connectivity index (χ0v) is 12.7. The van der Waals surface area contributed by atoms with Gasteiger partial charge in [0.05, 0.1) is 0 Å². The van der Waals surface area contributed by atoms with Crippen LogP contribution in [0.15, 0.2) is 24.3 Å². The van der Waals surface area contributed by atoms with E-state index in [1.54, 1.807) is 6.07 Å². The van der Waals surface area contributed by atoms with Gasteiger partial charge >= 0.3 is 0 Å². The van der Waals surface area contributed by atoms with Gasteiger partial charge in [0, 0.05) is 38.8 Å². The number of phenolic OH excluding ortho intramolecular Hbond substituents is 1. The van der Waals surface area contributed by atoms with Crippen molar-refractivity contribution in [2.75, 3.05) is 45.8 Å². The molecule has 112 valence electrons. The molecule has 0 aromatic heterocycles. The van der Waals surface area contributed by atoms with E-state index in [1.165, 1.54) is 5.56 Å². The third-order valence-corrected chi connectivity index (χ3v) is 4.17. The first kappa shape index (κ1) is 15.3. The molecule has 0 saturated carbocycles. The molecule has 0 radical (unpaired) electrons. The van der Waals surface area contributed by atoms with Crippen molar-refractivity contribution < 1.29 is 5.11 Å². The molecule has 4 heteroatoms. The summed E-state index contributed by atoms with van der Waals surface area (Å²) in [4.78, 5) is 4.99. The number of nitrogens with zero attached hydrogens (tertiary/aromatic N) is 2. The molecule has 1 aliphatic rings. The molecule has 1 unspecified atom stereocenters. The Hall–Kier alpha value is -1.10. The van der Waals surface area contributed by atoms with Crippen LogP contribution in [-0.2, 0) is 0 Å². The zero-order chi connectivity index (χ0) is 14.4. The Morgan fingerprint density at radius 1 is 1.25 bits per heavy atom. The number of benzene rings is 1. The van der Waals surface area contributed by atoms with Gasteiger partial charge in [0.2, 0.25) is 0 Å². The second-order valence-corrected chi connectivity index (χ2v) is 5.38. The standard InChI is InChI=1S/C16H27N3O/c1-3-18(4-2)13-16(19-10-8-17-9-11-19)14-6-5-7-15(20)12-14/h5-7,12,16-17,20H,3-4,8-11,13H2,1-2H3. The molecular weight excluding hydrogens is 250 g/mol. The van der Waals surface area contributed by atoms with Crippen molar-refractivity contribution in [3.63, 3.8) is 0 Å². The molecule has 2 N–H and O–H groups in total. The first-order chi connectivity index (χ1) is 9.74. The molecule has 1 fully saturated rings. The van der Waals surface area contributed by atoms with Crippen molar-refractivity contribution in [2.24, 2.45) is 0 Å². The molecule has 1 aliphatic heterocycles. The summed E-state index contributed by atoms with van der Waals surface area (Å²) in [6, 6.07) is 8.10. The third-order valence-electron chi connectivity index (χ3n) is 4.17. The number of hydrogen-bond donors (Lipinski definition) is 2. The van der Waals surface area contributed by atoms with Gasteiger partial charge in [0.1, 0.15) is 5.75 Å². The van der Waals surface area contributed by atoms with E-state index in [0.29, 0.717) is 11.8 Å². The van der Waals surface area contributed by atoms with Gasteiger partial charge in [-0.3, -0.25) is 4.90 Å². The fourth-order valence-corrected chi connectivity index (χ4v) is 2.88. The van der Waals surface area contributed by atoms with E-state index >= 15 is 0 Å². The summed E-state index contributed by atoms with van der Waals surface area (Å²) < 4.78 is 0. The summed E-state index contributed by atoms with van der Waals surface area (Å²) in [5.74, 6) is 0.363. The predicted molar refractivity (Wildman–Crippen MR) is 83.1 cm³/mol. The van der Waals surface area contributed by atoms with Gasteiger partial charge in [0.25, 0.3) is 0 Å². The zero-order valence-electron chi connectivity index (χ0n) is 12.7. The summed E-state index contributed by atoms with van der Waals surface area (Å²) >= 11 is 0. The lowest BCUT2D eigenvalue weighted by atomic mass is 10.0. The Balaban J connectivity index is 2.18. The number of likely N-dealkylation sites (N-methyl/N-ethyl adjacent to an activating group) is 1. The van der Waals surface area contributed by atoms with Crippen molar-refractivity contribution in [1.29, 1.82) is 0 Å². The minimum atomic E-state index is 0.363. The Kier molecular flexibility index (Phi) is 5.83. The lowest BCUT2D eigenvalue weighted by Crippen LogP contribution is -2.48. The number of aromatic hydroxyl groups is 1. The highest BCUT2D eigenvalue weighted by atomic mass is 16.3. The van der Waals surface area contributed by atoms with Crippen LogP contribution < -0.4 is 5.32 Å². The maximum absolute atomic E-state index is 9.76. The average molecular weight is 277 g/mol. The van der Waals surface area contributed by atoms with Gasteiger partial charge in [-0.25, -0.2) is 0 Å². The normalized spacial score (nSPS) is 18.4. The topological polar surface area (TPSA) is 38.7 Å². The fraction of sp³-hybridized carbons (Fsp3) is 0.625. The summed E-state index contributed by atoms with van der Waals surface area (Å²) in [5.41, 5.74) is 1.22. The van der Waals surface area contributed by atoms with Crippen molar-refractivity contribution in [2.45, 2.75) is 19.9 Å². The number of phenols is 1.